The predicted molar refractivity (Wildman–Crippen MR) is 332 cm³/mol. The van der Waals surface area contributed by atoms with Gasteiger partial charge in [0.25, 0.3) is 0 Å². The van der Waals surface area contributed by atoms with Gasteiger partial charge < -0.3 is 15.0 Å². The zero-order valence-corrected chi connectivity index (χ0v) is 49.1. The van der Waals surface area contributed by atoms with Crippen LogP contribution in [0.15, 0.2) is 225 Å². The van der Waals surface area contributed by atoms with Crippen LogP contribution >= 0.6 is 0 Å². The molecule has 0 radical (unpaired) electrons. The summed E-state index contributed by atoms with van der Waals surface area (Å²) in [5.41, 5.74) is 10.6. The first-order valence-electron chi connectivity index (χ1n) is 27.8. The van der Waals surface area contributed by atoms with Gasteiger partial charge in [0, 0.05) is 58.5 Å². The second-order valence-electron chi connectivity index (χ2n) is 21.5. The maximum atomic E-state index is 16.5. The Balaban J connectivity index is 0.00000714. The molecule has 11 heteroatoms. The maximum Gasteiger partial charge on any atom is 3.00 e. The van der Waals surface area contributed by atoms with Gasteiger partial charge in [0.05, 0.1) is 0 Å². The van der Waals surface area contributed by atoms with Gasteiger partial charge in [-0.25, -0.2) is 13.2 Å². The number of fused-ring (bicyclic) bond motifs is 6. The van der Waals surface area contributed by atoms with Crippen molar-refractivity contribution in [2.24, 2.45) is 0 Å². The maximum absolute atomic E-state index is 16.5. The van der Waals surface area contributed by atoms with Crippen molar-refractivity contribution < 1.29 is 50.8 Å². The molecule has 0 N–H and O–H groups in total. The zero-order valence-electron chi connectivity index (χ0n) is 46.7. The van der Waals surface area contributed by atoms with Crippen molar-refractivity contribution in [3.8, 4) is 112 Å². The van der Waals surface area contributed by atoms with Gasteiger partial charge in [0.2, 0.25) is 0 Å². The normalized spacial score (nSPS) is 11.4. The summed E-state index contributed by atoms with van der Waals surface area (Å²) in [7, 11) is 0. The molecule has 0 spiro atoms. The van der Waals surface area contributed by atoms with Gasteiger partial charge in [-0.2, -0.15) is 0 Å². The van der Waals surface area contributed by atoms with Crippen LogP contribution in [0.5, 0.6) is 0 Å². The number of pyridine rings is 3. The van der Waals surface area contributed by atoms with Gasteiger partial charge in [0.15, 0.2) is 0 Å². The van der Waals surface area contributed by atoms with E-state index in [4.69, 9.17) is 4.98 Å². The van der Waals surface area contributed by atoms with E-state index in [2.05, 4.69) is 70.6 Å². The average molecular weight is 1340 g/mol. The van der Waals surface area contributed by atoms with Gasteiger partial charge in [-0.15, -0.1) is 60.2 Å². The fourth-order valence-electron chi connectivity index (χ4n) is 12.0. The van der Waals surface area contributed by atoms with E-state index in [1.165, 1.54) is 48.8 Å². The molecule has 0 atom stereocenters. The molecule has 0 aliphatic heterocycles. The molecular weight excluding hydrogens is 1290 g/mol. The van der Waals surface area contributed by atoms with Gasteiger partial charge in [-0.05, 0) is 196 Å². The van der Waals surface area contributed by atoms with Crippen molar-refractivity contribution in [2.45, 2.75) is 13.8 Å². The first-order valence-corrected chi connectivity index (χ1v) is 27.8. The molecule has 0 saturated carbocycles. The second kappa shape index (κ2) is 23.2. The quantitative estimate of drug-likeness (QED) is 0.0778. The number of halogens is 7. The summed E-state index contributed by atoms with van der Waals surface area (Å²) >= 11 is 0. The number of benzene rings is 11. The Morgan fingerprint density at radius 2 is 0.705 bits per heavy atom. The van der Waals surface area contributed by atoms with Crippen LogP contribution in [0.3, 0.4) is 0 Å². The summed E-state index contributed by atoms with van der Waals surface area (Å²) in [4.78, 5) is 14.2. The van der Waals surface area contributed by atoms with E-state index >= 15 is 22.0 Å². The monoisotopic (exact) mass is 1340 g/mol. The minimum Gasteiger partial charge on any atom is -0.304 e. The van der Waals surface area contributed by atoms with Crippen molar-refractivity contribution in [1.82, 2.24) is 15.0 Å². The first-order chi connectivity index (χ1) is 42.3. The first kappa shape index (κ1) is 56.9. The van der Waals surface area contributed by atoms with Crippen LogP contribution in [0.1, 0.15) is 11.1 Å². The number of aryl methyl sites for hydroxylation is 2. The van der Waals surface area contributed by atoms with Gasteiger partial charge in [0.1, 0.15) is 17.5 Å². The van der Waals surface area contributed by atoms with E-state index < -0.39 is 40.7 Å². The largest absolute Gasteiger partial charge is 3.00 e. The van der Waals surface area contributed by atoms with E-state index in [-0.39, 0.29) is 42.6 Å². The summed E-state index contributed by atoms with van der Waals surface area (Å²) in [5, 5.41) is 6.54. The van der Waals surface area contributed by atoms with Crippen LogP contribution in [0.2, 0.25) is 0 Å². The number of hydrogen-bond donors (Lipinski definition) is 0. The fourth-order valence-corrected chi connectivity index (χ4v) is 12.0. The third-order valence-corrected chi connectivity index (χ3v) is 16.1. The van der Waals surface area contributed by atoms with E-state index in [1.54, 1.807) is 56.4 Å². The van der Waals surface area contributed by atoms with E-state index in [1.807, 2.05) is 66.7 Å². The summed E-state index contributed by atoms with van der Waals surface area (Å²) in [6.45, 7) is 3.60. The van der Waals surface area contributed by atoms with Crippen LogP contribution in [-0.4, -0.2) is 15.0 Å². The molecule has 0 saturated heterocycles. The van der Waals surface area contributed by atoms with Gasteiger partial charge in [-0.3, -0.25) is 17.6 Å². The van der Waals surface area contributed by atoms with Crippen molar-refractivity contribution >= 4 is 32.3 Å². The Labute approximate surface area is 515 Å². The van der Waals surface area contributed by atoms with Crippen LogP contribution in [0, 0.1) is 72.8 Å². The molecule has 0 fully saturated rings. The Bertz CT molecular complexity index is 4920. The molecule has 14 aromatic rings. The van der Waals surface area contributed by atoms with Crippen LogP contribution in [-0.2, 0) is 20.1 Å². The summed E-state index contributed by atoms with van der Waals surface area (Å²) < 4.78 is 107. The topological polar surface area (TPSA) is 38.7 Å². The van der Waals surface area contributed by atoms with E-state index in [0.717, 1.165) is 73.3 Å². The minimum absolute atomic E-state index is 0. The molecule has 3 heterocycles. The molecule has 11 aromatic carbocycles. The van der Waals surface area contributed by atoms with Crippen molar-refractivity contribution in [2.75, 3.05) is 0 Å². The predicted octanol–water partition coefficient (Wildman–Crippen LogP) is 21.0. The molecule has 0 bridgehead atoms. The van der Waals surface area contributed by atoms with Crippen molar-refractivity contribution in [3.05, 3.63) is 295 Å². The summed E-state index contributed by atoms with van der Waals surface area (Å²) in [6, 6.07) is 66.9. The van der Waals surface area contributed by atoms with E-state index in [0.29, 0.717) is 83.6 Å². The molecule has 0 unspecified atom stereocenters. The van der Waals surface area contributed by atoms with Crippen molar-refractivity contribution in [3.63, 3.8) is 0 Å². The SMILES string of the molecule is Cc1cc(-c2[c-]cc(F)cc2F)ncc1-c1ccc(F)cc1-c1cc(-c2cc(F)ccc2-c2cnc(-c3[c-]cc(F)cc3F)cc2C)cc(-c2cc(F)ccc2-c2cnc(-c3[c-]cccc3)cc2-c2ccc3c4ccccc4c4ccccc4c3c2)c1.[Ir+3]. The number of nitrogens with zero attached hydrogens (tertiary/aromatic N) is 3. The zero-order chi connectivity index (χ0) is 59.6. The molecule has 88 heavy (non-hydrogen) atoms. The number of hydrogen-bond acceptors (Lipinski definition) is 3. The average Bonchev–Trinajstić information content (AvgIpc) is 1.56. The molecule has 424 valence electrons. The molecule has 3 aromatic heterocycles. The molecular formula is C77H43F7IrN3. The van der Waals surface area contributed by atoms with Crippen LogP contribution in [0.25, 0.3) is 144 Å². The standard InChI is InChI=1S/C77H43F7N3.Ir/c1-43-28-76(63-26-20-53(81)37-73(63)83)86-40-70(43)60-23-17-50(78)34-65(60)47-30-48(66-35-51(79)18-24-61(66)71-41-87-77(29-44(71)2)64-27-21-54(82)38-74(64)84)32-49(31-47)67-36-52(80)19-25-62(67)72-42-85-75(45-10-4-3-5-11-45)39-68(72)46-16-22-59-57-14-7-6-12-55(57)56-13-8-9-15-58(56)69(59)33-46;/h3-10,12-25,28-42H,1-2H3;/q-3;+3. The van der Waals surface area contributed by atoms with Crippen molar-refractivity contribution in [1.29, 1.82) is 0 Å². The van der Waals surface area contributed by atoms with Gasteiger partial charge >= 0.3 is 20.1 Å². The summed E-state index contributed by atoms with van der Waals surface area (Å²) in [5.74, 6) is -4.98. The smallest absolute Gasteiger partial charge is 0.304 e. The molecule has 3 nitrogen and oxygen atoms in total. The molecule has 14 rings (SSSR count). The van der Waals surface area contributed by atoms with E-state index in [9.17, 15) is 8.78 Å². The van der Waals surface area contributed by atoms with Gasteiger partial charge in [-0.1, -0.05) is 120 Å². The number of rotatable bonds is 10. The number of aromatic nitrogens is 3. The Morgan fingerprint density at radius 1 is 0.295 bits per heavy atom. The fraction of sp³-hybridized carbons (Fsp3) is 0.0260. The third kappa shape index (κ3) is 10.5. The Morgan fingerprint density at radius 3 is 1.15 bits per heavy atom. The Hall–Kier alpha value is -10.2. The third-order valence-electron chi connectivity index (χ3n) is 16.1. The minimum atomic E-state index is -0.842. The Kier molecular flexibility index (Phi) is 15.0. The van der Waals surface area contributed by atoms with Crippen LogP contribution in [0.4, 0.5) is 30.7 Å². The molecule has 0 amide bonds. The second-order valence-corrected chi connectivity index (χ2v) is 21.5. The molecule has 0 aliphatic carbocycles. The molecule has 0 aliphatic rings. The summed E-state index contributed by atoms with van der Waals surface area (Å²) in [6.07, 6.45) is 4.86. The van der Waals surface area contributed by atoms with Crippen LogP contribution < -0.4 is 0 Å².